The number of rotatable bonds is 4. The maximum absolute atomic E-state index is 11.8. The van der Waals surface area contributed by atoms with Gasteiger partial charge in [0.2, 0.25) is 0 Å². The van der Waals surface area contributed by atoms with Gasteiger partial charge in [0.15, 0.2) is 11.6 Å². The summed E-state index contributed by atoms with van der Waals surface area (Å²) in [5, 5.41) is 9.93. The Bertz CT molecular complexity index is 591. The van der Waals surface area contributed by atoms with Gasteiger partial charge < -0.3 is 5.32 Å². The second-order valence-corrected chi connectivity index (χ2v) is 5.06. The lowest BCUT2D eigenvalue weighted by molar-refractivity contribution is 0.248. The van der Waals surface area contributed by atoms with Crippen LogP contribution in [0.4, 0.5) is 10.6 Å². The van der Waals surface area contributed by atoms with Crippen LogP contribution in [0.25, 0.3) is 5.82 Å². The van der Waals surface area contributed by atoms with Gasteiger partial charge in [-0.2, -0.15) is 0 Å². The van der Waals surface area contributed by atoms with E-state index in [-0.39, 0.29) is 12.1 Å². The van der Waals surface area contributed by atoms with Crippen LogP contribution in [0.1, 0.15) is 19.8 Å². The summed E-state index contributed by atoms with van der Waals surface area (Å²) in [7, 11) is 0. The van der Waals surface area contributed by atoms with Gasteiger partial charge in [-0.3, -0.25) is 5.32 Å². The van der Waals surface area contributed by atoms with Crippen molar-refractivity contribution >= 4 is 11.8 Å². The summed E-state index contributed by atoms with van der Waals surface area (Å²) >= 11 is 0. The number of carbonyl (C=O) groups excluding carboxylic acids is 1. The van der Waals surface area contributed by atoms with E-state index in [1.165, 1.54) is 12.8 Å². The molecule has 1 unspecified atom stereocenters. The Labute approximate surface area is 117 Å². The standard InChI is InChI=1S/C14H17N5O/c1-10(11-5-6-11)16-14(20)17-12-7-9-19(18-12)13-4-2-3-8-15-13/h2-4,7-11H,5-6H2,1H3,(H2,16,17,18,20). The highest BCUT2D eigenvalue weighted by molar-refractivity contribution is 5.88. The van der Waals surface area contributed by atoms with E-state index in [0.717, 1.165) is 0 Å². The quantitative estimate of drug-likeness (QED) is 0.895. The Hall–Kier alpha value is -2.37. The molecular weight excluding hydrogens is 254 g/mol. The fraction of sp³-hybridized carbons (Fsp3) is 0.357. The molecule has 1 aliphatic rings. The predicted octanol–water partition coefficient (Wildman–Crippen LogP) is 2.19. The Morgan fingerprint density at radius 2 is 2.25 bits per heavy atom. The Balaban J connectivity index is 1.61. The van der Waals surface area contributed by atoms with E-state index in [1.54, 1.807) is 23.1 Å². The van der Waals surface area contributed by atoms with Gasteiger partial charge in [0.05, 0.1) is 0 Å². The zero-order valence-electron chi connectivity index (χ0n) is 11.3. The van der Waals surface area contributed by atoms with E-state index in [9.17, 15) is 4.79 Å². The summed E-state index contributed by atoms with van der Waals surface area (Å²) < 4.78 is 1.62. The molecule has 0 bridgehead atoms. The normalized spacial score (nSPS) is 15.7. The third kappa shape index (κ3) is 2.96. The van der Waals surface area contributed by atoms with Crippen LogP contribution in [-0.4, -0.2) is 26.8 Å². The van der Waals surface area contributed by atoms with Crippen LogP contribution in [0, 0.1) is 5.92 Å². The second-order valence-electron chi connectivity index (χ2n) is 5.06. The van der Waals surface area contributed by atoms with Crippen molar-refractivity contribution in [3.8, 4) is 5.82 Å². The third-order valence-electron chi connectivity index (χ3n) is 3.40. The lowest BCUT2D eigenvalue weighted by Gasteiger charge is -2.12. The van der Waals surface area contributed by atoms with Crippen molar-refractivity contribution in [3.05, 3.63) is 36.7 Å². The highest BCUT2D eigenvalue weighted by Crippen LogP contribution is 2.32. The van der Waals surface area contributed by atoms with Crippen molar-refractivity contribution in [2.24, 2.45) is 5.92 Å². The molecule has 0 spiro atoms. The molecule has 1 saturated carbocycles. The zero-order valence-corrected chi connectivity index (χ0v) is 11.3. The van der Waals surface area contributed by atoms with Gasteiger partial charge in [-0.1, -0.05) is 6.07 Å². The molecule has 2 aromatic rings. The number of amides is 2. The van der Waals surface area contributed by atoms with Gasteiger partial charge >= 0.3 is 6.03 Å². The van der Waals surface area contributed by atoms with Crippen LogP contribution >= 0.6 is 0 Å². The average Bonchev–Trinajstić information content (AvgIpc) is 3.21. The van der Waals surface area contributed by atoms with Crippen molar-refractivity contribution in [1.82, 2.24) is 20.1 Å². The van der Waals surface area contributed by atoms with Crippen molar-refractivity contribution in [2.45, 2.75) is 25.8 Å². The smallest absolute Gasteiger partial charge is 0.320 e. The third-order valence-corrected chi connectivity index (χ3v) is 3.40. The molecule has 104 valence electrons. The lowest BCUT2D eigenvalue weighted by atomic mass is 10.2. The average molecular weight is 271 g/mol. The number of hydrogen-bond donors (Lipinski definition) is 2. The molecular formula is C14H17N5O. The van der Waals surface area contributed by atoms with Gasteiger partial charge in [-0.15, -0.1) is 5.10 Å². The van der Waals surface area contributed by atoms with Crippen LogP contribution in [0.5, 0.6) is 0 Å². The van der Waals surface area contributed by atoms with Gasteiger partial charge in [0.1, 0.15) is 0 Å². The minimum Gasteiger partial charge on any atom is -0.335 e. The molecule has 3 rings (SSSR count). The Morgan fingerprint density at radius 1 is 1.40 bits per heavy atom. The monoisotopic (exact) mass is 271 g/mol. The minimum atomic E-state index is -0.212. The molecule has 20 heavy (non-hydrogen) atoms. The van der Waals surface area contributed by atoms with Gasteiger partial charge in [0, 0.05) is 24.5 Å². The summed E-state index contributed by atoms with van der Waals surface area (Å²) in [6, 6.07) is 7.34. The first kappa shape index (κ1) is 12.7. The predicted molar refractivity (Wildman–Crippen MR) is 75.7 cm³/mol. The number of urea groups is 1. The molecule has 1 fully saturated rings. The van der Waals surface area contributed by atoms with Crippen LogP contribution < -0.4 is 10.6 Å². The second kappa shape index (κ2) is 5.32. The van der Waals surface area contributed by atoms with E-state index in [0.29, 0.717) is 17.6 Å². The number of hydrogen-bond acceptors (Lipinski definition) is 3. The summed E-state index contributed by atoms with van der Waals surface area (Å²) in [5.41, 5.74) is 0. The minimum absolute atomic E-state index is 0.212. The first-order chi connectivity index (χ1) is 9.72. The van der Waals surface area contributed by atoms with Gasteiger partial charge in [-0.05, 0) is 37.8 Å². The van der Waals surface area contributed by atoms with Crippen molar-refractivity contribution < 1.29 is 4.79 Å². The summed E-state index contributed by atoms with van der Waals surface area (Å²) in [6.07, 6.45) is 5.88. The Morgan fingerprint density at radius 3 is 2.95 bits per heavy atom. The molecule has 2 amide bonds. The molecule has 1 atom stereocenters. The number of aromatic nitrogens is 3. The number of pyridine rings is 1. The number of nitrogens with one attached hydrogen (secondary N) is 2. The molecule has 2 aromatic heterocycles. The van der Waals surface area contributed by atoms with Crippen LogP contribution in [0.3, 0.4) is 0 Å². The molecule has 1 aliphatic carbocycles. The van der Waals surface area contributed by atoms with E-state index < -0.39 is 0 Å². The first-order valence-electron chi connectivity index (χ1n) is 6.77. The molecule has 0 saturated heterocycles. The van der Waals surface area contributed by atoms with Gasteiger partial charge in [-0.25, -0.2) is 14.5 Å². The van der Waals surface area contributed by atoms with E-state index >= 15 is 0 Å². The zero-order chi connectivity index (χ0) is 13.9. The van der Waals surface area contributed by atoms with Crippen molar-refractivity contribution in [3.63, 3.8) is 0 Å². The highest BCUT2D eigenvalue weighted by atomic mass is 16.2. The first-order valence-corrected chi connectivity index (χ1v) is 6.77. The highest BCUT2D eigenvalue weighted by Gasteiger charge is 2.28. The molecule has 0 radical (unpaired) electrons. The number of anilines is 1. The maximum atomic E-state index is 11.8. The van der Waals surface area contributed by atoms with Crippen molar-refractivity contribution in [2.75, 3.05) is 5.32 Å². The number of nitrogens with zero attached hydrogens (tertiary/aromatic N) is 3. The molecule has 2 heterocycles. The fourth-order valence-corrected chi connectivity index (χ4v) is 2.08. The molecule has 2 N–H and O–H groups in total. The summed E-state index contributed by atoms with van der Waals surface area (Å²) in [4.78, 5) is 16.0. The lowest BCUT2D eigenvalue weighted by Crippen LogP contribution is -2.37. The molecule has 0 aliphatic heterocycles. The Kier molecular flexibility index (Phi) is 3.37. The topological polar surface area (TPSA) is 71.8 Å². The summed E-state index contributed by atoms with van der Waals surface area (Å²) in [6.45, 7) is 2.03. The van der Waals surface area contributed by atoms with E-state index in [1.807, 2.05) is 25.1 Å². The van der Waals surface area contributed by atoms with Crippen LogP contribution in [0.15, 0.2) is 36.7 Å². The summed E-state index contributed by atoms with van der Waals surface area (Å²) in [5.74, 6) is 1.86. The van der Waals surface area contributed by atoms with Crippen LogP contribution in [-0.2, 0) is 0 Å². The molecule has 6 heteroatoms. The molecule has 6 nitrogen and oxygen atoms in total. The fourth-order valence-electron chi connectivity index (χ4n) is 2.08. The van der Waals surface area contributed by atoms with E-state index in [4.69, 9.17) is 0 Å². The number of carbonyl (C=O) groups is 1. The van der Waals surface area contributed by atoms with Crippen molar-refractivity contribution in [1.29, 1.82) is 0 Å². The largest absolute Gasteiger partial charge is 0.335 e. The molecule has 0 aromatic carbocycles. The van der Waals surface area contributed by atoms with Crippen LogP contribution in [0.2, 0.25) is 0 Å². The SMILES string of the molecule is CC(NC(=O)Nc1ccn(-c2ccccn2)n1)C1CC1. The van der Waals surface area contributed by atoms with E-state index in [2.05, 4.69) is 20.7 Å². The maximum Gasteiger partial charge on any atom is 0.320 e. The van der Waals surface area contributed by atoms with Gasteiger partial charge in [0.25, 0.3) is 0 Å².